The summed E-state index contributed by atoms with van der Waals surface area (Å²) < 4.78 is 5.37. The van der Waals surface area contributed by atoms with Crippen LogP contribution in [0, 0.1) is 0 Å². The third kappa shape index (κ3) is 2.83. The summed E-state index contributed by atoms with van der Waals surface area (Å²) in [4.78, 5) is 25.2. The van der Waals surface area contributed by atoms with Crippen molar-refractivity contribution in [1.82, 2.24) is 25.5 Å². The SMILES string of the molecule is CC(C)N1CCN(c2nccc(/C=C3\NC(=O)NC34CO4)n2)CC1. The van der Waals surface area contributed by atoms with Gasteiger partial charge < -0.3 is 20.3 Å². The van der Waals surface area contributed by atoms with E-state index in [0.717, 1.165) is 37.8 Å². The average Bonchev–Trinajstić information content (AvgIpc) is 3.28. The standard InChI is InChI=1S/C16H22N6O2/c1-11(2)21-5-7-22(8-6-21)14-17-4-3-12(18-14)9-13-16(10-24-16)20-15(23)19-13/h3-4,9,11H,5-8,10H2,1-2H3,(H2,19,20,23)/b13-9-. The van der Waals surface area contributed by atoms with Gasteiger partial charge in [-0.05, 0) is 26.0 Å². The Morgan fingerprint density at radius 3 is 2.75 bits per heavy atom. The minimum atomic E-state index is -0.662. The largest absolute Gasteiger partial charge is 0.342 e. The number of ether oxygens (including phenoxy) is 1. The van der Waals surface area contributed by atoms with Crippen molar-refractivity contribution in [2.45, 2.75) is 25.6 Å². The number of piperazine rings is 1. The summed E-state index contributed by atoms with van der Waals surface area (Å²) in [6.07, 6.45) is 3.61. The van der Waals surface area contributed by atoms with Crippen molar-refractivity contribution in [2.75, 3.05) is 37.7 Å². The second-order valence-corrected chi connectivity index (χ2v) is 6.65. The minimum Gasteiger partial charge on any atom is -0.342 e. The monoisotopic (exact) mass is 330 g/mol. The number of nitrogens with zero attached hydrogens (tertiary/aromatic N) is 4. The Kier molecular flexibility index (Phi) is 3.65. The van der Waals surface area contributed by atoms with Crippen molar-refractivity contribution >= 4 is 18.1 Å². The average molecular weight is 330 g/mol. The smallest absolute Gasteiger partial charge is 0.321 e. The van der Waals surface area contributed by atoms with Gasteiger partial charge in [0.2, 0.25) is 11.7 Å². The van der Waals surface area contributed by atoms with Gasteiger partial charge in [-0.25, -0.2) is 14.8 Å². The first-order valence-corrected chi connectivity index (χ1v) is 8.33. The van der Waals surface area contributed by atoms with Crippen molar-refractivity contribution in [3.05, 3.63) is 23.7 Å². The number of hydrogen-bond acceptors (Lipinski definition) is 6. The summed E-state index contributed by atoms with van der Waals surface area (Å²) >= 11 is 0. The van der Waals surface area contributed by atoms with Gasteiger partial charge in [-0.1, -0.05) is 0 Å². The van der Waals surface area contributed by atoms with E-state index in [0.29, 0.717) is 18.3 Å². The summed E-state index contributed by atoms with van der Waals surface area (Å²) in [5, 5.41) is 5.55. The number of carbonyl (C=O) groups excluding carboxylic acids is 1. The van der Waals surface area contributed by atoms with E-state index in [1.807, 2.05) is 12.1 Å². The second-order valence-electron chi connectivity index (χ2n) is 6.65. The summed E-state index contributed by atoms with van der Waals surface area (Å²) in [6.45, 7) is 8.81. The van der Waals surface area contributed by atoms with Gasteiger partial charge in [0.25, 0.3) is 0 Å². The zero-order valence-corrected chi connectivity index (χ0v) is 14.0. The van der Waals surface area contributed by atoms with Crippen molar-refractivity contribution in [2.24, 2.45) is 0 Å². The highest BCUT2D eigenvalue weighted by Gasteiger charge is 2.55. The molecule has 1 spiro atoms. The number of nitrogens with one attached hydrogen (secondary N) is 2. The summed E-state index contributed by atoms with van der Waals surface area (Å²) in [5.74, 6) is 0.732. The highest BCUT2D eigenvalue weighted by molar-refractivity contribution is 5.84. The van der Waals surface area contributed by atoms with Crippen LogP contribution in [0.3, 0.4) is 0 Å². The third-order valence-corrected chi connectivity index (χ3v) is 4.72. The van der Waals surface area contributed by atoms with Gasteiger partial charge in [0.1, 0.15) is 6.61 Å². The highest BCUT2D eigenvalue weighted by atomic mass is 16.6. The predicted molar refractivity (Wildman–Crippen MR) is 89.3 cm³/mol. The molecule has 8 nitrogen and oxygen atoms in total. The lowest BCUT2D eigenvalue weighted by molar-refractivity contribution is 0.208. The zero-order chi connectivity index (χ0) is 16.7. The molecular weight excluding hydrogens is 308 g/mol. The van der Waals surface area contributed by atoms with E-state index in [4.69, 9.17) is 4.74 Å². The maximum atomic E-state index is 11.5. The normalized spacial score (nSPS) is 28.5. The van der Waals surface area contributed by atoms with Crippen molar-refractivity contribution in [3.63, 3.8) is 0 Å². The van der Waals surface area contributed by atoms with Crippen molar-refractivity contribution < 1.29 is 9.53 Å². The van der Waals surface area contributed by atoms with Crippen LogP contribution < -0.4 is 15.5 Å². The molecule has 8 heteroatoms. The van der Waals surface area contributed by atoms with Gasteiger partial charge in [-0.2, -0.15) is 0 Å². The van der Waals surface area contributed by atoms with Gasteiger partial charge >= 0.3 is 6.03 Å². The molecule has 0 aromatic carbocycles. The molecule has 2 N–H and O–H groups in total. The predicted octanol–water partition coefficient (Wildman–Crippen LogP) is 0.387. The van der Waals surface area contributed by atoms with E-state index in [1.54, 1.807) is 6.20 Å². The number of hydrogen-bond donors (Lipinski definition) is 2. The summed E-state index contributed by atoms with van der Waals surface area (Å²) in [7, 11) is 0. The molecule has 3 aliphatic rings. The van der Waals surface area contributed by atoms with Gasteiger partial charge in [0, 0.05) is 38.4 Å². The number of carbonyl (C=O) groups is 1. The topological polar surface area (TPSA) is 85.9 Å². The molecule has 3 fully saturated rings. The van der Waals surface area contributed by atoms with Crippen molar-refractivity contribution in [3.8, 4) is 0 Å². The minimum absolute atomic E-state index is 0.238. The quantitative estimate of drug-likeness (QED) is 0.780. The Morgan fingerprint density at radius 2 is 2.08 bits per heavy atom. The fraction of sp³-hybridized carbons (Fsp3) is 0.562. The Labute approximate surface area is 140 Å². The molecule has 4 rings (SSSR count). The molecule has 1 unspecified atom stereocenters. The highest BCUT2D eigenvalue weighted by Crippen LogP contribution is 2.34. The molecule has 4 heterocycles. The maximum absolute atomic E-state index is 11.5. The van der Waals surface area contributed by atoms with E-state index in [-0.39, 0.29) is 6.03 Å². The Bertz CT molecular complexity index is 677. The molecule has 0 saturated carbocycles. The number of urea groups is 1. The lowest BCUT2D eigenvalue weighted by Gasteiger charge is -2.36. The van der Waals surface area contributed by atoms with Gasteiger partial charge in [0.15, 0.2) is 0 Å². The number of anilines is 1. The van der Waals surface area contributed by atoms with Crippen LogP contribution in [0.1, 0.15) is 19.5 Å². The molecule has 1 aromatic rings. The van der Waals surface area contributed by atoms with E-state index in [1.165, 1.54) is 0 Å². The number of epoxide rings is 1. The van der Waals surface area contributed by atoms with Crippen LogP contribution in [-0.2, 0) is 4.74 Å². The van der Waals surface area contributed by atoms with E-state index < -0.39 is 5.72 Å². The van der Waals surface area contributed by atoms with Crippen LogP contribution >= 0.6 is 0 Å². The molecule has 128 valence electrons. The molecule has 0 aliphatic carbocycles. The van der Waals surface area contributed by atoms with Crippen molar-refractivity contribution in [1.29, 1.82) is 0 Å². The second kappa shape index (κ2) is 5.71. The van der Waals surface area contributed by atoms with Crippen LogP contribution in [0.5, 0.6) is 0 Å². The summed E-state index contributed by atoms with van der Waals surface area (Å²) in [5.41, 5.74) is 0.812. The van der Waals surface area contributed by atoms with E-state index >= 15 is 0 Å². The molecule has 3 aliphatic heterocycles. The maximum Gasteiger partial charge on any atom is 0.321 e. The summed E-state index contributed by atoms with van der Waals surface area (Å²) in [6, 6.07) is 2.16. The fourth-order valence-electron chi connectivity index (χ4n) is 3.14. The molecule has 1 atom stereocenters. The molecular formula is C16H22N6O2. The first-order valence-electron chi connectivity index (χ1n) is 8.33. The van der Waals surface area contributed by atoms with E-state index in [2.05, 4.69) is 44.2 Å². The molecule has 0 bridgehead atoms. The van der Waals surface area contributed by atoms with Gasteiger partial charge in [-0.3, -0.25) is 4.90 Å². The lowest BCUT2D eigenvalue weighted by atomic mass is 10.2. The van der Waals surface area contributed by atoms with Crippen LogP contribution in [0.4, 0.5) is 10.7 Å². The van der Waals surface area contributed by atoms with Gasteiger partial charge in [0.05, 0.1) is 11.4 Å². The Hall–Kier alpha value is -2.19. The number of aromatic nitrogens is 2. The first-order chi connectivity index (χ1) is 11.6. The molecule has 1 aromatic heterocycles. The van der Waals surface area contributed by atoms with Gasteiger partial charge in [-0.15, -0.1) is 0 Å². The fourth-order valence-corrected chi connectivity index (χ4v) is 3.14. The molecule has 0 radical (unpaired) electrons. The van der Waals surface area contributed by atoms with Crippen LogP contribution in [0.15, 0.2) is 18.0 Å². The van der Waals surface area contributed by atoms with Crippen LogP contribution in [-0.4, -0.2) is 65.5 Å². The zero-order valence-electron chi connectivity index (χ0n) is 14.0. The van der Waals surface area contributed by atoms with E-state index in [9.17, 15) is 4.79 Å². The van der Waals surface area contributed by atoms with Crippen LogP contribution in [0.2, 0.25) is 0 Å². The first kappa shape index (κ1) is 15.3. The molecule has 3 saturated heterocycles. The van der Waals surface area contributed by atoms with Crippen LogP contribution in [0.25, 0.3) is 6.08 Å². The Morgan fingerprint density at radius 1 is 1.33 bits per heavy atom. The molecule has 2 amide bonds. The number of amides is 2. The Balaban J connectivity index is 1.50. The lowest BCUT2D eigenvalue weighted by Crippen LogP contribution is -2.49. The third-order valence-electron chi connectivity index (χ3n) is 4.72. The molecule has 24 heavy (non-hydrogen) atoms. The number of rotatable bonds is 3.